The summed E-state index contributed by atoms with van der Waals surface area (Å²) in [5.41, 5.74) is 1.02. The van der Waals surface area contributed by atoms with Crippen LogP contribution in [0, 0.1) is 23.7 Å². The van der Waals surface area contributed by atoms with Gasteiger partial charge in [0.25, 0.3) is 5.91 Å². The van der Waals surface area contributed by atoms with Gasteiger partial charge in [-0.2, -0.15) is 0 Å². The zero-order valence-electron chi connectivity index (χ0n) is 21.8. The van der Waals surface area contributed by atoms with Gasteiger partial charge in [-0.25, -0.2) is 4.98 Å². The number of rotatable bonds is 7. The number of nitrogens with zero attached hydrogens (tertiary/aromatic N) is 4. The molecule has 1 fully saturated rings. The molecule has 2 amide bonds. The lowest BCUT2D eigenvalue weighted by Crippen LogP contribution is -2.51. The summed E-state index contributed by atoms with van der Waals surface area (Å²) in [6.45, 7) is 4.75. The second-order valence-electron chi connectivity index (χ2n) is 10.4. The van der Waals surface area contributed by atoms with Crippen molar-refractivity contribution in [3.8, 4) is 17.7 Å². The van der Waals surface area contributed by atoms with E-state index in [1.54, 1.807) is 29.1 Å². The van der Waals surface area contributed by atoms with Crippen molar-refractivity contribution in [1.82, 2.24) is 19.7 Å². The molecule has 35 heavy (non-hydrogen) atoms. The first kappa shape index (κ1) is 27.0. The van der Waals surface area contributed by atoms with E-state index in [0.29, 0.717) is 36.7 Å². The van der Waals surface area contributed by atoms with Gasteiger partial charge in [0.15, 0.2) is 0 Å². The van der Waals surface area contributed by atoms with Gasteiger partial charge in [-0.05, 0) is 45.8 Å². The molecule has 1 aromatic rings. The third-order valence-electron chi connectivity index (χ3n) is 6.95. The summed E-state index contributed by atoms with van der Waals surface area (Å²) in [5, 5.41) is 9.82. The molecule has 8 heteroatoms. The average molecular weight is 485 g/mol. The summed E-state index contributed by atoms with van der Waals surface area (Å²) in [5.74, 6) is 7.04. The standard InChI is InChI=1S/C27H40N4O4/c1-19-15-31(20(2)18-32)27(34)23-13-22(12-8-11-21-9-6-7-10-21)14-28-26(23)35-24(19)16-30(5)25(33)17-29(3)4/h13-14,19-21,24,32H,6-7,9-11,15-18H2,1-5H3/t19-,20-,24+/m1/s1. The summed E-state index contributed by atoms with van der Waals surface area (Å²) in [6.07, 6.45) is 7.20. The van der Waals surface area contributed by atoms with Gasteiger partial charge < -0.3 is 24.5 Å². The maximum absolute atomic E-state index is 13.5. The van der Waals surface area contributed by atoms with Gasteiger partial charge in [0.2, 0.25) is 11.8 Å². The van der Waals surface area contributed by atoms with Crippen molar-refractivity contribution in [3.05, 3.63) is 23.4 Å². The van der Waals surface area contributed by atoms with E-state index in [1.165, 1.54) is 25.7 Å². The monoisotopic (exact) mass is 484 g/mol. The van der Waals surface area contributed by atoms with E-state index < -0.39 is 0 Å². The van der Waals surface area contributed by atoms with Crippen LogP contribution < -0.4 is 4.74 Å². The number of amides is 2. The second kappa shape index (κ2) is 12.4. The van der Waals surface area contributed by atoms with Crippen molar-refractivity contribution in [2.75, 3.05) is 47.4 Å². The molecule has 1 aromatic heterocycles. The Morgan fingerprint density at radius 3 is 2.69 bits per heavy atom. The molecule has 1 saturated carbocycles. The number of aromatic nitrogens is 1. The first-order chi connectivity index (χ1) is 16.7. The van der Waals surface area contributed by atoms with Gasteiger partial charge in [0, 0.05) is 37.7 Å². The van der Waals surface area contributed by atoms with E-state index in [0.717, 1.165) is 6.42 Å². The highest BCUT2D eigenvalue weighted by molar-refractivity contribution is 5.97. The van der Waals surface area contributed by atoms with Crippen LogP contribution in [0.3, 0.4) is 0 Å². The molecule has 8 nitrogen and oxygen atoms in total. The molecule has 1 aliphatic carbocycles. The maximum Gasteiger partial charge on any atom is 0.259 e. The topological polar surface area (TPSA) is 86.2 Å². The molecule has 2 heterocycles. The predicted molar refractivity (Wildman–Crippen MR) is 135 cm³/mol. The van der Waals surface area contributed by atoms with Gasteiger partial charge in [-0.3, -0.25) is 9.59 Å². The number of aliphatic hydroxyl groups excluding tert-OH is 1. The summed E-state index contributed by atoms with van der Waals surface area (Å²) in [7, 11) is 5.47. The Morgan fingerprint density at radius 2 is 2.03 bits per heavy atom. The summed E-state index contributed by atoms with van der Waals surface area (Å²) in [4.78, 5) is 35.7. The van der Waals surface area contributed by atoms with Crippen molar-refractivity contribution in [3.63, 3.8) is 0 Å². The van der Waals surface area contributed by atoms with Crippen molar-refractivity contribution >= 4 is 11.8 Å². The van der Waals surface area contributed by atoms with E-state index in [2.05, 4.69) is 16.8 Å². The number of ether oxygens (including phenoxy) is 1. The SMILES string of the molecule is C[C@@H]1CN([C@H](C)CO)C(=O)c2cc(C#CCC3CCCC3)cnc2O[C@H]1CN(C)C(=O)CN(C)C. The van der Waals surface area contributed by atoms with Crippen LogP contribution in [-0.4, -0.2) is 96.1 Å². The van der Waals surface area contributed by atoms with Crippen LogP contribution in [0.5, 0.6) is 5.88 Å². The van der Waals surface area contributed by atoms with Gasteiger partial charge in [-0.1, -0.05) is 31.6 Å². The van der Waals surface area contributed by atoms with E-state index in [1.807, 2.05) is 32.8 Å². The molecule has 0 radical (unpaired) electrons. The normalized spacial score (nSPS) is 21.5. The third-order valence-corrected chi connectivity index (χ3v) is 6.95. The molecule has 3 rings (SSSR count). The average Bonchev–Trinajstić information content (AvgIpc) is 3.34. The zero-order valence-corrected chi connectivity index (χ0v) is 21.8. The minimum atomic E-state index is -0.363. The number of pyridine rings is 1. The Labute approximate surface area is 209 Å². The third kappa shape index (κ3) is 7.18. The molecule has 3 atom stereocenters. The Bertz CT molecular complexity index is 948. The predicted octanol–water partition coefficient (Wildman–Crippen LogP) is 2.25. The number of hydrogen-bond donors (Lipinski definition) is 1. The first-order valence-electron chi connectivity index (χ1n) is 12.7. The highest BCUT2D eigenvalue weighted by Crippen LogP contribution is 2.28. The van der Waals surface area contributed by atoms with Crippen LogP contribution in [0.2, 0.25) is 0 Å². The number of carbonyl (C=O) groups excluding carboxylic acids is 2. The Morgan fingerprint density at radius 1 is 1.31 bits per heavy atom. The molecule has 0 bridgehead atoms. The zero-order chi connectivity index (χ0) is 25.5. The van der Waals surface area contributed by atoms with Crippen molar-refractivity contribution in [1.29, 1.82) is 0 Å². The number of carbonyl (C=O) groups is 2. The maximum atomic E-state index is 13.5. The molecule has 0 unspecified atom stereocenters. The minimum Gasteiger partial charge on any atom is -0.472 e. The van der Waals surface area contributed by atoms with E-state index in [4.69, 9.17) is 4.74 Å². The molecular formula is C27H40N4O4. The van der Waals surface area contributed by atoms with Crippen LogP contribution in [0.4, 0.5) is 0 Å². The highest BCUT2D eigenvalue weighted by atomic mass is 16.5. The van der Waals surface area contributed by atoms with Crippen LogP contribution in [0.25, 0.3) is 0 Å². The van der Waals surface area contributed by atoms with Crippen LogP contribution in [0.15, 0.2) is 12.3 Å². The number of likely N-dealkylation sites (N-methyl/N-ethyl adjacent to an activating group) is 2. The molecular weight excluding hydrogens is 444 g/mol. The Balaban J connectivity index is 1.87. The van der Waals surface area contributed by atoms with Gasteiger partial charge >= 0.3 is 0 Å². The van der Waals surface area contributed by atoms with Crippen LogP contribution >= 0.6 is 0 Å². The minimum absolute atomic E-state index is 0.00872. The summed E-state index contributed by atoms with van der Waals surface area (Å²) >= 11 is 0. The summed E-state index contributed by atoms with van der Waals surface area (Å²) in [6, 6.07) is 1.39. The highest BCUT2D eigenvalue weighted by Gasteiger charge is 2.34. The van der Waals surface area contributed by atoms with Crippen molar-refractivity contribution < 1.29 is 19.4 Å². The smallest absolute Gasteiger partial charge is 0.259 e. The quantitative estimate of drug-likeness (QED) is 0.598. The van der Waals surface area contributed by atoms with Crippen molar-refractivity contribution in [2.45, 2.75) is 58.1 Å². The fraction of sp³-hybridized carbons (Fsp3) is 0.667. The van der Waals surface area contributed by atoms with Crippen molar-refractivity contribution in [2.24, 2.45) is 11.8 Å². The molecule has 2 aliphatic rings. The van der Waals surface area contributed by atoms with E-state index in [9.17, 15) is 14.7 Å². The lowest BCUT2D eigenvalue weighted by molar-refractivity contribution is -0.132. The molecule has 0 saturated heterocycles. The molecule has 1 N–H and O–H groups in total. The molecule has 192 valence electrons. The second-order valence-corrected chi connectivity index (χ2v) is 10.4. The fourth-order valence-corrected chi connectivity index (χ4v) is 4.66. The fourth-order valence-electron chi connectivity index (χ4n) is 4.66. The van der Waals surface area contributed by atoms with Gasteiger partial charge in [0.1, 0.15) is 11.7 Å². The number of fused-ring (bicyclic) bond motifs is 1. The lowest BCUT2D eigenvalue weighted by atomic mass is 9.99. The Kier molecular flexibility index (Phi) is 9.53. The van der Waals surface area contributed by atoms with Gasteiger partial charge in [0.05, 0.1) is 25.7 Å². The van der Waals surface area contributed by atoms with E-state index in [-0.39, 0.29) is 42.4 Å². The van der Waals surface area contributed by atoms with Crippen LogP contribution in [-0.2, 0) is 4.79 Å². The summed E-state index contributed by atoms with van der Waals surface area (Å²) < 4.78 is 6.27. The molecule has 0 spiro atoms. The van der Waals surface area contributed by atoms with Gasteiger partial charge in [-0.15, -0.1) is 0 Å². The van der Waals surface area contributed by atoms with E-state index >= 15 is 0 Å². The largest absolute Gasteiger partial charge is 0.472 e. The lowest BCUT2D eigenvalue weighted by Gasteiger charge is -2.37. The first-order valence-corrected chi connectivity index (χ1v) is 12.7. The number of aliphatic hydroxyl groups is 1. The molecule has 1 aliphatic heterocycles. The number of hydrogen-bond acceptors (Lipinski definition) is 6. The van der Waals surface area contributed by atoms with Crippen LogP contribution in [0.1, 0.15) is 61.9 Å². The Hall–Kier alpha value is -2.63. The molecule has 0 aromatic carbocycles.